The second kappa shape index (κ2) is 7.32. The lowest BCUT2D eigenvalue weighted by molar-refractivity contribution is -0.131. The van der Waals surface area contributed by atoms with Gasteiger partial charge in [0.1, 0.15) is 0 Å². The molecule has 1 heterocycles. The first kappa shape index (κ1) is 17.1. The highest BCUT2D eigenvalue weighted by Gasteiger charge is 2.42. The van der Waals surface area contributed by atoms with Gasteiger partial charge in [0.25, 0.3) is 0 Å². The smallest absolute Gasteiger partial charge is 0.222 e. The number of rotatable bonds is 3. The van der Waals surface area contributed by atoms with Crippen LogP contribution in [-0.2, 0) is 4.79 Å². The van der Waals surface area contributed by atoms with Crippen molar-refractivity contribution in [2.75, 3.05) is 13.1 Å². The molecule has 4 unspecified atom stereocenters. The third kappa shape index (κ3) is 3.73. The van der Waals surface area contributed by atoms with Crippen molar-refractivity contribution in [1.82, 2.24) is 4.90 Å². The number of nitrogens with zero attached hydrogens (tertiary/aromatic N) is 1. The van der Waals surface area contributed by atoms with Crippen LogP contribution < -0.4 is 5.73 Å². The highest BCUT2D eigenvalue weighted by Crippen LogP contribution is 2.38. The van der Waals surface area contributed by atoms with Gasteiger partial charge in [-0.15, -0.1) is 12.4 Å². The molecular weight excluding hydrogens is 284 g/mol. The van der Waals surface area contributed by atoms with Gasteiger partial charge in [0.2, 0.25) is 5.91 Å². The molecule has 21 heavy (non-hydrogen) atoms. The first-order valence-corrected chi connectivity index (χ1v) is 8.68. The number of nitrogens with two attached hydrogens (primary N) is 1. The third-order valence-corrected chi connectivity index (χ3v) is 6.22. The van der Waals surface area contributed by atoms with Gasteiger partial charge >= 0.3 is 0 Å². The Morgan fingerprint density at radius 3 is 2.52 bits per heavy atom. The van der Waals surface area contributed by atoms with Crippen molar-refractivity contribution in [1.29, 1.82) is 0 Å². The Morgan fingerprint density at radius 1 is 1.14 bits per heavy atom. The maximum absolute atomic E-state index is 12.5. The number of carbonyl (C=O) groups is 1. The van der Waals surface area contributed by atoms with Crippen LogP contribution in [0.15, 0.2) is 0 Å². The Kier molecular flexibility index (Phi) is 5.96. The fourth-order valence-corrected chi connectivity index (χ4v) is 4.79. The molecular formula is C17H31ClN2O. The predicted octanol–water partition coefficient (Wildman–Crippen LogP) is 3.21. The number of likely N-dealkylation sites (tertiary alicyclic amines) is 1. The molecule has 4 atom stereocenters. The Balaban J connectivity index is 0.00000161. The summed E-state index contributed by atoms with van der Waals surface area (Å²) >= 11 is 0. The summed E-state index contributed by atoms with van der Waals surface area (Å²) in [7, 11) is 0. The van der Waals surface area contributed by atoms with Crippen molar-refractivity contribution < 1.29 is 4.79 Å². The lowest BCUT2D eigenvalue weighted by Gasteiger charge is -2.29. The van der Waals surface area contributed by atoms with Gasteiger partial charge in [-0.3, -0.25) is 4.79 Å². The Labute approximate surface area is 135 Å². The molecule has 0 aromatic carbocycles. The van der Waals surface area contributed by atoms with Gasteiger partial charge < -0.3 is 10.6 Å². The lowest BCUT2D eigenvalue weighted by Crippen LogP contribution is -2.34. The van der Waals surface area contributed by atoms with Crippen LogP contribution in [0.5, 0.6) is 0 Å². The van der Waals surface area contributed by atoms with E-state index in [0.29, 0.717) is 29.7 Å². The maximum atomic E-state index is 12.5. The van der Waals surface area contributed by atoms with E-state index in [1.54, 1.807) is 0 Å². The number of carbonyl (C=O) groups excluding carboxylic acids is 1. The molecule has 2 saturated carbocycles. The zero-order valence-corrected chi connectivity index (χ0v) is 14.1. The molecule has 0 bridgehead atoms. The predicted molar refractivity (Wildman–Crippen MR) is 88.4 cm³/mol. The van der Waals surface area contributed by atoms with E-state index >= 15 is 0 Å². The highest BCUT2D eigenvalue weighted by molar-refractivity contribution is 5.85. The van der Waals surface area contributed by atoms with Gasteiger partial charge in [0, 0.05) is 25.6 Å². The van der Waals surface area contributed by atoms with Crippen molar-refractivity contribution in [3.8, 4) is 0 Å². The maximum Gasteiger partial charge on any atom is 0.222 e. The van der Waals surface area contributed by atoms with Gasteiger partial charge in [-0.2, -0.15) is 0 Å². The van der Waals surface area contributed by atoms with Crippen LogP contribution in [0.2, 0.25) is 0 Å². The van der Waals surface area contributed by atoms with Gasteiger partial charge in [-0.25, -0.2) is 0 Å². The minimum atomic E-state index is 0. The van der Waals surface area contributed by atoms with E-state index in [1.807, 2.05) is 0 Å². The summed E-state index contributed by atoms with van der Waals surface area (Å²) in [5, 5.41) is 0. The molecule has 0 aromatic heterocycles. The van der Waals surface area contributed by atoms with Gasteiger partial charge in [-0.1, -0.05) is 39.0 Å². The molecule has 3 aliphatic rings. The molecule has 1 aliphatic heterocycles. The monoisotopic (exact) mass is 314 g/mol. The molecule has 0 aromatic rings. The fraction of sp³-hybridized carbons (Fsp3) is 0.941. The van der Waals surface area contributed by atoms with E-state index in [2.05, 4.69) is 11.8 Å². The average molecular weight is 315 g/mol. The van der Waals surface area contributed by atoms with Crippen LogP contribution in [-0.4, -0.2) is 29.9 Å². The zero-order chi connectivity index (χ0) is 14.1. The zero-order valence-electron chi connectivity index (χ0n) is 13.3. The van der Waals surface area contributed by atoms with E-state index in [9.17, 15) is 4.79 Å². The summed E-state index contributed by atoms with van der Waals surface area (Å²) in [5.41, 5.74) is 6.16. The van der Waals surface area contributed by atoms with E-state index in [4.69, 9.17) is 5.73 Å². The van der Waals surface area contributed by atoms with Crippen molar-refractivity contribution in [3.05, 3.63) is 0 Å². The SMILES string of the molecule is CC(CC(=O)N1CC2CCC(N)C2C1)C1CCCCC1.Cl. The number of hydrogen-bond acceptors (Lipinski definition) is 2. The van der Waals surface area contributed by atoms with Crippen LogP contribution >= 0.6 is 12.4 Å². The van der Waals surface area contributed by atoms with Crippen molar-refractivity contribution >= 4 is 18.3 Å². The molecule has 1 amide bonds. The molecule has 0 spiro atoms. The number of amides is 1. The fourth-order valence-electron chi connectivity index (χ4n) is 4.79. The number of fused-ring (bicyclic) bond motifs is 1. The van der Waals surface area contributed by atoms with Gasteiger partial charge in [0.15, 0.2) is 0 Å². The lowest BCUT2D eigenvalue weighted by atomic mass is 9.79. The normalized spacial score (nSPS) is 34.4. The Bertz CT molecular complexity index is 357. The molecule has 3 rings (SSSR count). The number of hydrogen-bond donors (Lipinski definition) is 1. The molecule has 0 radical (unpaired) electrons. The highest BCUT2D eigenvalue weighted by atomic mass is 35.5. The minimum Gasteiger partial charge on any atom is -0.342 e. The van der Waals surface area contributed by atoms with E-state index < -0.39 is 0 Å². The van der Waals surface area contributed by atoms with Crippen molar-refractivity contribution in [2.45, 2.75) is 64.3 Å². The van der Waals surface area contributed by atoms with Gasteiger partial charge in [-0.05, 0) is 36.5 Å². The molecule has 2 aliphatic carbocycles. The topological polar surface area (TPSA) is 46.3 Å². The summed E-state index contributed by atoms with van der Waals surface area (Å²) in [6, 6.07) is 0.341. The van der Waals surface area contributed by atoms with Crippen molar-refractivity contribution in [3.63, 3.8) is 0 Å². The Morgan fingerprint density at radius 2 is 1.86 bits per heavy atom. The van der Waals surface area contributed by atoms with Crippen molar-refractivity contribution in [2.24, 2.45) is 29.4 Å². The quantitative estimate of drug-likeness (QED) is 0.869. The summed E-state index contributed by atoms with van der Waals surface area (Å²) in [5.74, 6) is 3.03. The minimum absolute atomic E-state index is 0. The first-order chi connectivity index (χ1) is 9.65. The summed E-state index contributed by atoms with van der Waals surface area (Å²) in [6.07, 6.45) is 9.96. The summed E-state index contributed by atoms with van der Waals surface area (Å²) < 4.78 is 0. The van der Waals surface area contributed by atoms with Crippen LogP contribution in [0, 0.1) is 23.7 Å². The van der Waals surface area contributed by atoms with E-state index in [1.165, 1.54) is 38.5 Å². The molecule has 4 heteroatoms. The second-order valence-corrected chi connectivity index (χ2v) is 7.54. The van der Waals surface area contributed by atoms with Crippen LogP contribution in [0.25, 0.3) is 0 Å². The largest absolute Gasteiger partial charge is 0.342 e. The average Bonchev–Trinajstić information content (AvgIpc) is 3.02. The third-order valence-electron chi connectivity index (χ3n) is 6.22. The van der Waals surface area contributed by atoms with Crippen LogP contribution in [0.1, 0.15) is 58.3 Å². The van der Waals surface area contributed by atoms with Gasteiger partial charge in [0.05, 0.1) is 0 Å². The summed E-state index contributed by atoms with van der Waals surface area (Å²) in [6.45, 7) is 4.20. The molecule has 1 saturated heterocycles. The standard InChI is InChI=1S/C17H30N2O.ClH/c1-12(13-5-3-2-4-6-13)9-17(20)19-10-14-7-8-16(18)15(14)11-19;/h12-16H,2-11,18H2,1H3;1H. The molecule has 122 valence electrons. The molecule has 3 fully saturated rings. The first-order valence-electron chi connectivity index (χ1n) is 8.68. The van der Waals surface area contributed by atoms with E-state index in [-0.39, 0.29) is 12.4 Å². The van der Waals surface area contributed by atoms with Crippen LogP contribution in [0.4, 0.5) is 0 Å². The summed E-state index contributed by atoms with van der Waals surface area (Å²) in [4.78, 5) is 14.6. The Hall–Kier alpha value is -0.280. The number of halogens is 1. The molecule has 3 nitrogen and oxygen atoms in total. The second-order valence-electron chi connectivity index (χ2n) is 7.54. The molecule has 2 N–H and O–H groups in total. The van der Waals surface area contributed by atoms with E-state index in [0.717, 1.165) is 31.8 Å². The van der Waals surface area contributed by atoms with Crippen LogP contribution in [0.3, 0.4) is 0 Å².